The van der Waals surface area contributed by atoms with Crippen LogP contribution in [0.5, 0.6) is 17.2 Å². The van der Waals surface area contributed by atoms with Gasteiger partial charge < -0.3 is 14.7 Å². The van der Waals surface area contributed by atoms with Gasteiger partial charge in [-0.25, -0.2) is 0 Å². The van der Waals surface area contributed by atoms with Gasteiger partial charge in [-0.15, -0.1) is 0 Å². The highest BCUT2D eigenvalue weighted by molar-refractivity contribution is 5.41. The molecule has 0 aliphatic carbocycles. The molecular weight excluding hydrogens is 206 g/mol. The summed E-state index contributed by atoms with van der Waals surface area (Å²) in [5, 5.41) is 11.0. The fourth-order valence-electron chi connectivity index (χ4n) is 1.32. The maximum Gasteiger partial charge on any atom is 0.223 e. The summed E-state index contributed by atoms with van der Waals surface area (Å²) < 4.78 is 11.4. The molecular formula is C12H11NO3. The molecule has 4 nitrogen and oxygen atoms in total. The Morgan fingerprint density at radius 1 is 1.06 bits per heavy atom. The second kappa shape index (κ2) is 4.53. The predicted molar refractivity (Wildman–Crippen MR) is 58.5 cm³/mol. The third kappa shape index (κ3) is 2.23. The van der Waals surface area contributed by atoms with E-state index in [4.69, 9.17) is 9.47 Å². The van der Waals surface area contributed by atoms with Gasteiger partial charge in [0.25, 0.3) is 0 Å². The minimum absolute atomic E-state index is 0.474. The molecule has 0 saturated heterocycles. The van der Waals surface area contributed by atoms with Crippen LogP contribution >= 0.6 is 0 Å². The van der Waals surface area contributed by atoms with E-state index < -0.39 is 0 Å². The molecule has 4 heteroatoms. The molecule has 2 rings (SSSR count). The highest BCUT2D eigenvalue weighted by Crippen LogP contribution is 2.29. The fourth-order valence-corrected chi connectivity index (χ4v) is 1.32. The molecule has 0 saturated carbocycles. The van der Waals surface area contributed by atoms with Gasteiger partial charge in [0.05, 0.1) is 7.11 Å². The van der Waals surface area contributed by atoms with Crippen molar-refractivity contribution in [2.45, 2.75) is 0 Å². The molecule has 1 aromatic carbocycles. The van der Waals surface area contributed by atoms with Crippen molar-refractivity contribution >= 4 is 0 Å². The Morgan fingerprint density at radius 3 is 2.50 bits per heavy atom. The first-order chi connectivity index (χ1) is 7.79. The predicted octanol–water partition coefficient (Wildman–Crippen LogP) is 2.12. The molecule has 0 spiro atoms. The third-order valence-corrected chi connectivity index (χ3v) is 2.04. The average Bonchev–Trinajstić information content (AvgIpc) is 2.30. The smallest absolute Gasteiger partial charge is 0.223 e. The van der Waals surface area contributed by atoms with Crippen molar-refractivity contribution in [3.63, 3.8) is 0 Å². The van der Waals surface area contributed by atoms with E-state index in [2.05, 4.69) is 0 Å². The van der Waals surface area contributed by atoms with Crippen LogP contribution in [0.2, 0.25) is 0 Å². The van der Waals surface area contributed by atoms with Gasteiger partial charge in [0.15, 0.2) is 23.4 Å². The van der Waals surface area contributed by atoms with Crippen LogP contribution in [0.15, 0.2) is 48.8 Å². The van der Waals surface area contributed by atoms with E-state index in [-0.39, 0.29) is 0 Å². The lowest BCUT2D eigenvalue weighted by atomic mass is 10.3. The zero-order valence-corrected chi connectivity index (χ0v) is 8.79. The van der Waals surface area contributed by atoms with Crippen LogP contribution in [0, 0.1) is 5.21 Å². The topological polar surface area (TPSA) is 45.4 Å². The van der Waals surface area contributed by atoms with E-state index >= 15 is 0 Å². The van der Waals surface area contributed by atoms with Crippen molar-refractivity contribution in [1.82, 2.24) is 0 Å². The Morgan fingerprint density at radius 2 is 1.81 bits per heavy atom. The Labute approximate surface area is 93.3 Å². The number of methoxy groups -OCH3 is 1. The lowest BCUT2D eigenvalue weighted by Crippen LogP contribution is -2.23. The summed E-state index contributed by atoms with van der Waals surface area (Å²) in [7, 11) is 1.57. The highest BCUT2D eigenvalue weighted by atomic mass is 16.5. The van der Waals surface area contributed by atoms with Crippen molar-refractivity contribution in [2.75, 3.05) is 7.11 Å². The first-order valence-electron chi connectivity index (χ1n) is 4.79. The third-order valence-electron chi connectivity index (χ3n) is 2.04. The summed E-state index contributed by atoms with van der Waals surface area (Å²) in [6, 6.07) is 10.6. The fraction of sp³-hybridized carbons (Fsp3) is 0.0833. The molecule has 0 atom stereocenters. The number of hydrogen-bond donors (Lipinski definition) is 0. The van der Waals surface area contributed by atoms with Crippen molar-refractivity contribution < 1.29 is 14.2 Å². The molecule has 0 aliphatic rings. The number of nitrogens with zero attached hydrogens (tertiary/aromatic N) is 1. The standard InChI is InChI=1S/C12H11NO3/c1-15-11-6-2-3-7-12(11)16-10-5-4-8-13(14)9-10/h2-9H,1H3. The molecule has 0 unspecified atom stereocenters. The number of rotatable bonds is 3. The Balaban J connectivity index is 2.26. The van der Waals surface area contributed by atoms with Gasteiger partial charge in [0.2, 0.25) is 6.20 Å². The molecule has 0 aliphatic heterocycles. The van der Waals surface area contributed by atoms with Crippen molar-refractivity contribution in [3.8, 4) is 17.2 Å². The number of aromatic nitrogens is 1. The van der Waals surface area contributed by atoms with E-state index in [1.807, 2.05) is 12.1 Å². The minimum atomic E-state index is 0.474. The van der Waals surface area contributed by atoms with Gasteiger partial charge in [-0.05, 0) is 18.2 Å². The molecule has 1 aromatic heterocycles. The van der Waals surface area contributed by atoms with Crippen LogP contribution in [-0.4, -0.2) is 7.11 Å². The second-order valence-corrected chi connectivity index (χ2v) is 3.15. The summed E-state index contributed by atoms with van der Waals surface area (Å²) in [6.45, 7) is 0. The average molecular weight is 217 g/mol. The zero-order chi connectivity index (χ0) is 11.4. The molecule has 0 amide bonds. The quantitative estimate of drug-likeness (QED) is 0.584. The summed E-state index contributed by atoms with van der Waals surface area (Å²) in [5.41, 5.74) is 0. The lowest BCUT2D eigenvalue weighted by molar-refractivity contribution is -0.605. The maximum atomic E-state index is 11.0. The summed E-state index contributed by atoms with van der Waals surface area (Å²) in [6.07, 6.45) is 2.75. The Hall–Kier alpha value is -2.23. The molecule has 0 radical (unpaired) electrons. The molecule has 0 N–H and O–H groups in total. The molecule has 2 aromatic rings. The molecule has 82 valence electrons. The number of para-hydroxylation sites is 2. The molecule has 0 bridgehead atoms. The zero-order valence-electron chi connectivity index (χ0n) is 8.79. The van der Waals surface area contributed by atoms with Crippen LogP contribution < -0.4 is 14.2 Å². The normalized spacial score (nSPS) is 9.81. The van der Waals surface area contributed by atoms with Gasteiger partial charge in [-0.2, -0.15) is 4.73 Å². The monoisotopic (exact) mass is 217 g/mol. The van der Waals surface area contributed by atoms with E-state index in [0.29, 0.717) is 22.0 Å². The number of hydrogen-bond acceptors (Lipinski definition) is 3. The Kier molecular flexibility index (Phi) is 2.91. The molecule has 0 fully saturated rings. The van der Waals surface area contributed by atoms with Gasteiger partial charge in [-0.3, -0.25) is 0 Å². The van der Waals surface area contributed by atoms with Crippen LogP contribution in [0.4, 0.5) is 0 Å². The van der Waals surface area contributed by atoms with Gasteiger partial charge in [-0.1, -0.05) is 12.1 Å². The van der Waals surface area contributed by atoms with Gasteiger partial charge in [0, 0.05) is 6.07 Å². The van der Waals surface area contributed by atoms with E-state index in [9.17, 15) is 5.21 Å². The van der Waals surface area contributed by atoms with Crippen molar-refractivity contribution in [2.24, 2.45) is 0 Å². The second-order valence-electron chi connectivity index (χ2n) is 3.15. The maximum absolute atomic E-state index is 11.0. The largest absolute Gasteiger partial charge is 0.619 e. The van der Waals surface area contributed by atoms with E-state index in [1.165, 1.54) is 12.4 Å². The number of ether oxygens (including phenoxy) is 2. The van der Waals surface area contributed by atoms with Crippen LogP contribution in [0.3, 0.4) is 0 Å². The number of pyridine rings is 1. The van der Waals surface area contributed by atoms with Crippen LogP contribution in [0.25, 0.3) is 0 Å². The summed E-state index contributed by atoms with van der Waals surface area (Å²) in [4.78, 5) is 0. The number of benzene rings is 1. The van der Waals surface area contributed by atoms with Gasteiger partial charge >= 0.3 is 0 Å². The van der Waals surface area contributed by atoms with Crippen LogP contribution in [0.1, 0.15) is 0 Å². The Bertz CT molecular complexity index is 485. The first kappa shape index (κ1) is 10.3. The lowest BCUT2D eigenvalue weighted by Gasteiger charge is -2.08. The van der Waals surface area contributed by atoms with Crippen LogP contribution in [-0.2, 0) is 0 Å². The van der Waals surface area contributed by atoms with Crippen molar-refractivity contribution in [3.05, 3.63) is 54.0 Å². The van der Waals surface area contributed by atoms with E-state index in [0.717, 1.165) is 0 Å². The minimum Gasteiger partial charge on any atom is -0.619 e. The summed E-state index contributed by atoms with van der Waals surface area (Å²) in [5.74, 6) is 1.68. The molecule has 1 heterocycles. The summed E-state index contributed by atoms with van der Waals surface area (Å²) >= 11 is 0. The van der Waals surface area contributed by atoms with Gasteiger partial charge in [0.1, 0.15) is 0 Å². The van der Waals surface area contributed by atoms with E-state index in [1.54, 1.807) is 31.4 Å². The van der Waals surface area contributed by atoms with Crippen molar-refractivity contribution in [1.29, 1.82) is 0 Å². The first-order valence-corrected chi connectivity index (χ1v) is 4.79. The highest BCUT2D eigenvalue weighted by Gasteiger charge is 2.05. The SMILES string of the molecule is COc1ccccc1Oc1ccc[n+]([O-])c1. The molecule has 16 heavy (non-hydrogen) atoms.